The first-order valence-electron chi connectivity index (χ1n) is 7.04. The van der Waals surface area contributed by atoms with E-state index in [1.807, 2.05) is 18.0 Å². The fourth-order valence-electron chi connectivity index (χ4n) is 1.94. The predicted octanol–water partition coefficient (Wildman–Crippen LogP) is 2.75. The molecule has 0 aliphatic heterocycles. The molecule has 112 valence electrons. The van der Waals surface area contributed by atoms with Gasteiger partial charge in [0.1, 0.15) is 11.6 Å². The average molecular weight is 288 g/mol. The topological polar surface area (TPSA) is 41.1 Å². The van der Waals surface area contributed by atoms with Gasteiger partial charge in [-0.25, -0.2) is 9.37 Å². The number of hydrogen-bond acceptors (Lipinski definition) is 4. The first-order valence-corrected chi connectivity index (χ1v) is 7.04. The van der Waals surface area contributed by atoms with E-state index in [9.17, 15) is 4.39 Å². The summed E-state index contributed by atoms with van der Waals surface area (Å²) in [6.07, 6.45) is 3.52. The van der Waals surface area contributed by atoms with Gasteiger partial charge in [-0.1, -0.05) is 26.0 Å². The molecule has 2 rings (SSSR count). The van der Waals surface area contributed by atoms with Gasteiger partial charge in [0.05, 0.1) is 18.1 Å². The van der Waals surface area contributed by atoms with Gasteiger partial charge in [-0.2, -0.15) is 0 Å². The molecule has 0 bridgehead atoms. The standard InChI is InChI=1S/C16H21FN4/c1-12(2)18-8-15-9-20-16(10-19-15)21(3)11-13-5-4-6-14(17)7-13/h4-7,9-10,12,18H,8,11H2,1-3H3. The third-order valence-corrected chi connectivity index (χ3v) is 3.08. The highest BCUT2D eigenvalue weighted by Gasteiger charge is 2.05. The molecule has 0 fully saturated rings. The fraction of sp³-hybridized carbons (Fsp3) is 0.375. The molecule has 5 heteroatoms. The highest BCUT2D eigenvalue weighted by molar-refractivity contribution is 5.36. The SMILES string of the molecule is CC(C)NCc1cnc(N(C)Cc2cccc(F)c2)cn1. The second-order valence-electron chi connectivity index (χ2n) is 5.39. The maximum absolute atomic E-state index is 13.2. The Morgan fingerprint density at radius 3 is 2.67 bits per heavy atom. The zero-order valence-corrected chi connectivity index (χ0v) is 12.7. The number of nitrogens with zero attached hydrogens (tertiary/aromatic N) is 3. The summed E-state index contributed by atoms with van der Waals surface area (Å²) in [5.74, 6) is 0.551. The van der Waals surface area contributed by atoms with Crippen LogP contribution >= 0.6 is 0 Å². The third-order valence-electron chi connectivity index (χ3n) is 3.08. The van der Waals surface area contributed by atoms with Crippen molar-refractivity contribution >= 4 is 5.82 Å². The molecule has 4 nitrogen and oxygen atoms in total. The summed E-state index contributed by atoms with van der Waals surface area (Å²) in [6, 6.07) is 7.01. The van der Waals surface area contributed by atoms with Crippen LogP contribution in [0.2, 0.25) is 0 Å². The molecule has 1 aromatic carbocycles. The molecule has 0 aliphatic carbocycles. The smallest absolute Gasteiger partial charge is 0.147 e. The second kappa shape index (κ2) is 7.13. The van der Waals surface area contributed by atoms with E-state index in [-0.39, 0.29) is 5.82 Å². The summed E-state index contributed by atoms with van der Waals surface area (Å²) >= 11 is 0. The van der Waals surface area contributed by atoms with Crippen molar-refractivity contribution < 1.29 is 4.39 Å². The lowest BCUT2D eigenvalue weighted by atomic mass is 10.2. The molecular formula is C16H21FN4. The Balaban J connectivity index is 1.97. The van der Waals surface area contributed by atoms with E-state index in [1.165, 1.54) is 12.1 Å². The van der Waals surface area contributed by atoms with E-state index in [4.69, 9.17) is 0 Å². The van der Waals surface area contributed by atoms with Crippen LogP contribution in [0, 0.1) is 5.82 Å². The molecule has 0 radical (unpaired) electrons. The van der Waals surface area contributed by atoms with Crippen molar-refractivity contribution in [1.82, 2.24) is 15.3 Å². The van der Waals surface area contributed by atoms with Gasteiger partial charge in [-0.15, -0.1) is 0 Å². The van der Waals surface area contributed by atoms with Crippen molar-refractivity contribution in [2.24, 2.45) is 0 Å². The highest BCUT2D eigenvalue weighted by Crippen LogP contribution is 2.12. The van der Waals surface area contributed by atoms with Gasteiger partial charge in [0, 0.05) is 26.2 Å². The molecule has 21 heavy (non-hydrogen) atoms. The minimum atomic E-state index is -0.220. The summed E-state index contributed by atoms with van der Waals surface area (Å²) in [5, 5.41) is 3.30. The van der Waals surface area contributed by atoms with Crippen molar-refractivity contribution in [3.8, 4) is 0 Å². The summed E-state index contributed by atoms with van der Waals surface area (Å²) in [4.78, 5) is 10.7. The minimum absolute atomic E-state index is 0.220. The summed E-state index contributed by atoms with van der Waals surface area (Å²) < 4.78 is 13.2. The van der Waals surface area contributed by atoms with Gasteiger partial charge in [-0.05, 0) is 17.7 Å². The van der Waals surface area contributed by atoms with Gasteiger partial charge >= 0.3 is 0 Å². The monoisotopic (exact) mass is 288 g/mol. The number of hydrogen-bond donors (Lipinski definition) is 1. The Bertz CT molecular complexity index is 569. The predicted molar refractivity (Wildman–Crippen MR) is 82.5 cm³/mol. The maximum atomic E-state index is 13.2. The molecule has 0 saturated heterocycles. The number of rotatable bonds is 6. The largest absolute Gasteiger partial charge is 0.354 e. The van der Waals surface area contributed by atoms with Gasteiger partial charge in [0.2, 0.25) is 0 Å². The van der Waals surface area contributed by atoms with E-state index < -0.39 is 0 Å². The number of halogens is 1. The van der Waals surface area contributed by atoms with E-state index >= 15 is 0 Å². The normalized spacial score (nSPS) is 10.9. The van der Waals surface area contributed by atoms with Crippen LogP contribution in [0.4, 0.5) is 10.2 Å². The Kier molecular flexibility index (Phi) is 5.22. The Morgan fingerprint density at radius 2 is 2.05 bits per heavy atom. The van der Waals surface area contributed by atoms with Crippen LogP contribution in [-0.4, -0.2) is 23.1 Å². The van der Waals surface area contributed by atoms with Gasteiger partial charge in [0.25, 0.3) is 0 Å². The van der Waals surface area contributed by atoms with Gasteiger partial charge < -0.3 is 10.2 Å². The van der Waals surface area contributed by atoms with E-state index in [1.54, 1.807) is 18.5 Å². The summed E-state index contributed by atoms with van der Waals surface area (Å²) in [5.41, 5.74) is 1.82. The fourth-order valence-corrected chi connectivity index (χ4v) is 1.94. The number of anilines is 1. The van der Waals surface area contributed by atoms with Gasteiger partial charge in [0.15, 0.2) is 0 Å². The quantitative estimate of drug-likeness (QED) is 0.887. The molecule has 1 aromatic heterocycles. The molecular weight excluding hydrogens is 267 g/mol. The zero-order chi connectivity index (χ0) is 15.2. The van der Waals surface area contributed by atoms with Crippen LogP contribution in [0.1, 0.15) is 25.1 Å². The summed E-state index contributed by atoms with van der Waals surface area (Å²) in [6.45, 7) is 5.48. The van der Waals surface area contributed by atoms with E-state index in [0.29, 0.717) is 19.1 Å². The molecule has 0 spiro atoms. The lowest BCUT2D eigenvalue weighted by Crippen LogP contribution is -2.23. The van der Waals surface area contributed by atoms with E-state index in [0.717, 1.165) is 17.1 Å². The lowest BCUT2D eigenvalue weighted by molar-refractivity contribution is 0.580. The second-order valence-corrected chi connectivity index (χ2v) is 5.39. The molecule has 0 unspecified atom stereocenters. The van der Waals surface area contributed by atoms with Crippen molar-refractivity contribution in [3.05, 3.63) is 53.7 Å². The molecule has 0 aliphatic rings. The van der Waals surface area contributed by atoms with Crippen LogP contribution in [-0.2, 0) is 13.1 Å². The molecule has 0 amide bonds. The zero-order valence-electron chi connectivity index (χ0n) is 12.7. The van der Waals surface area contributed by atoms with Crippen LogP contribution in [0.5, 0.6) is 0 Å². The Labute approximate surface area is 125 Å². The van der Waals surface area contributed by atoms with Crippen molar-refractivity contribution in [3.63, 3.8) is 0 Å². The van der Waals surface area contributed by atoms with Crippen LogP contribution in [0.15, 0.2) is 36.7 Å². The first-order chi connectivity index (χ1) is 10.0. The highest BCUT2D eigenvalue weighted by atomic mass is 19.1. The molecule has 0 saturated carbocycles. The van der Waals surface area contributed by atoms with Crippen molar-refractivity contribution in [1.29, 1.82) is 0 Å². The minimum Gasteiger partial charge on any atom is -0.354 e. The number of nitrogens with one attached hydrogen (secondary N) is 1. The number of aromatic nitrogens is 2. The molecule has 1 heterocycles. The summed E-state index contributed by atoms with van der Waals surface area (Å²) in [7, 11) is 1.92. The maximum Gasteiger partial charge on any atom is 0.147 e. The van der Waals surface area contributed by atoms with Crippen LogP contribution < -0.4 is 10.2 Å². The van der Waals surface area contributed by atoms with Gasteiger partial charge in [-0.3, -0.25) is 4.98 Å². The van der Waals surface area contributed by atoms with E-state index in [2.05, 4.69) is 29.1 Å². The number of benzene rings is 1. The van der Waals surface area contributed by atoms with Crippen LogP contribution in [0.25, 0.3) is 0 Å². The molecule has 2 aromatic rings. The molecule has 0 atom stereocenters. The van der Waals surface area contributed by atoms with Crippen molar-refractivity contribution in [2.45, 2.75) is 33.0 Å². The first kappa shape index (κ1) is 15.4. The Morgan fingerprint density at radius 1 is 1.24 bits per heavy atom. The van der Waals surface area contributed by atoms with Crippen molar-refractivity contribution in [2.75, 3.05) is 11.9 Å². The Hall–Kier alpha value is -2.01. The van der Waals surface area contributed by atoms with Crippen LogP contribution in [0.3, 0.4) is 0 Å². The molecule has 1 N–H and O–H groups in total. The average Bonchev–Trinajstić information content (AvgIpc) is 2.45. The lowest BCUT2D eigenvalue weighted by Gasteiger charge is -2.18. The third kappa shape index (κ3) is 4.79.